The number of aliphatic carboxylic acids is 1. The highest BCUT2D eigenvalue weighted by atomic mass is 16.5. The molecule has 5 amide bonds. The number of likely N-dealkylation sites (tertiary alicyclic amines) is 1. The van der Waals surface area contributed by atoms with Crippen molar-refractivity contribution in [1.29, 1.82) is 0 Å². The van der Waals surface area contributed by atoms with Crippen LogP contribution in [0, 0.1) is 0 Å². The molecule has 0 aliphatic carbocycles. The predicted octanol–water partition coefficient (Wildman–Crippen LogP) is -4.49. The van der Waals surface area contributed by atoms with Crippen LogP contribution in [0.25, 0.3) is 0 Å². The van der Waals surface area contributed by atoms with Gasteiger partial charge in [-0.2, -0.15) is 0 Å². The monoisotopic (exact) mass is 589 g/mol. The minimum atomic E-state index is -2.58. The van der Waals surface area contributed by atoms with Crippen LogP contribution in [0.15, 0.2) is 0 Å². The molecule has 41 heavy (non-hydrogen) atoms. The smallest absolute Gasteiger partial charge is 0.325 e. The maximum atomic E-state index is 13.6. The number of nitrogens with zero attached hydrogens (tertiary/aromatic N) is 1. The van der Waals surface area contributed by atoms with Gasteiger partial charge in [-0.05, 0) is 33.1 Å². The number of carboxylic acids is 1. The van der Waals surface area contributed by atoms with Crippen molar-refractivity contribution in [3.8, 4) is 0 Å². The number of carbonyl (C=O) groups excluding carboxylic acids is 6. The van der Waals surface area contributed by atoms with Gasteiger partial charge >= 0.3 is 5.97 Å². The first kappa shape index (κ1) is 35.4. The molecule has 0 aromatic heterocycles. The largest absolute Gasteiger partial charge is 0.480 e. The van der Waals surface area contributed by atoms with E-state index in [2.05, 4.69) is 16.0 Å². The second-order valence-electron chi connectivity index (χ2n) is 9.81. The molecule has 1 aliphatic rings. The lowest BCUT2D eigenvalue weighted by Gasteiger charge is -2.39. The molecule has 0 bridgehead atoms. The van der Waals surface area contributed by atoms with Crippen molar-refractivity contribution in [3.05, 3.63) is 0 Å². The first-order valence-electron chi connectivity index (χ1n) is 12.9. The van der Waals surface area contributed by atoms with E-state index in [0.717, 1.165) is 13.8 Å². The lowest BCUT2D eigenvalue weighted by atomic mass is 9.97. The number of aldehydes is 1. The minimum absolute atomic E-state index is 0.140. The maximum absolute atomic E-state index is 13.6. The Kier molecular flexibility index (Phi) is 13.7. The van der Waals surface area contributed by atoms with E-state index in [-0.39, 0.29) is 19.4 Å². The molecule has 7 atom stereocenters. The Balaban J connectivity index is 3.38. The van der Waals surface area contributed by atoms with Crippen molar-refractivity contribution in [2.24, 2.45) is 5.73 Å². The molecule has 17 heteroatoms. The quantitative estimate of drug-likeness (QED) is 0.0589. The molecule has 1 saturated heterocycles. The summed E-state index contributed by atoms with van der Waals surface area (Å²) in [6.45, 7) is 2.68. The molecular formula is C24H39N5O12. The Morgan fingerprint density at radius 3 is 2.12 bits per heavy atom. The third-order valence-corrected chi connectivity index (χ3v) is 6.45. The second kappa shape index (κ2) is 15.9. The van der Waals surface area contributed by atoms with Crippen LogP contribution >= 0.6 is 0 Å². The summed E-state index contributed by atoms with van der Waals surface area (Å²) in [5.41, 5.74) is 2.80. The number of nitrogens with two attached hydrogens (primary N) is 1. The van der Waals surface area contributed by atoms with E-state index in [4.69, 9.17) is 15.6 Å². The molecule has 0 saturated carbocycles. The van der Waals surface area contributed by atoms with Gasteiger partial charge in [-0.1, -0.05) is 0 Å². The maximum Gasteiger partial charge on any atom is 0.325 e. The first-order valence-corrected chi connectivity index (χ1v) is 12.9. The van der Waals surface area contributed by atoms with Crippen LogP contribution in [0.2, 0.25) is 0 Å². The summed E-state index contributed by atoms with van der Waals surface area (Å²) in [6, 6.07) is -4.48. The lowest BCUT2D eigenvalue weighted by molar-refractivity contribution is -0.191. The molecule has 1 heterocycles. The summed E-state index contributed by atoms with van der Waals surface area (Å²) in [6.07, 6.45) is -5.47. The number of aliphatic hydroxyl groups is 3. The van der Waals surface area contributed by atoms with E-state index in [0.29, 0.717) is 12.8 Å². The van der Waals surface area contributed by atoms with Gasteiger partial charge in [0, 0.05) is 26.4 Å². The summed E-state index contributed by atoms with van der Waals surface area (Å²) < 4.78 is 5.73. The van der Waals surface area contributed by atoms with Crippen molar-refractivity contribution in [2.45, 2.75) is 88.5 Å². The number of nitrogens with one attached hydrogen (secondary N) is 3. The van der Waals surface area contributed by atoms with Gasteiger partial charge in [0.2, 0.25) is 23.3 Å². The second-order valence-corrected chi connectivity index (χ2v) is 9.81. The van der Waals surface area contributed by atoms with Crippen LogP contribution in [0.1, 0.15) is 46.5 Å². The fraction of sp³-hybridized carbons (Fsp3) is 0.708. The fourth-order valence-electron chi connectivity index (χ4n) is 4.04. The molecule has 0 aromatic carbocycles. The number of hydrogen-bond acceptors (Lipinski definition) is 11. The summed E-state index contributed by atoms with van der Waals surface area (Å²) >= 11 is 0. The first-order chi connectivity index (χ1) is 19.1. The molecule has 0 aromatic rings. The Morgan fingerprint density at radius 1 is 1.07 bits per heavy atom. The number of hydrogen-bond donors (Lipinski definition) is 8. The van der Waals surface area contributed by atoms with Gasteiger partial charge in [0.15, 0.2) is 0 Å². The highest BCUT2D eigenvalue weighted by molar-refractivity contribution is 6.09. The number of carboxylic acid groups (broad SMARTS) is 1. The van der Waals surface area contributed by atoms with Crippen LogP contribution in [0.3, 0.4) is 0 Å². The van der Waals surface area contributed by atoms with E-state index in [1.807, 2.05) is 0 Å². The van der Waals surface area contributed by atoms with Gasteiger partial charge in [0.25, 0.3) is 11.8 Å². The van der Waals surface area contributed by atoms with Crippen LogP contribution in [0.4, 0.5) is 0 Å². The predicted molar refractivity (Wildman–Crippen MR) is 137 cm³/mol. The SMILES string of the molecule is CC(=O)N[C@@H](C=O)[C@@H](OC(C)(C(=O)NC(CCC(=O)NC(C)C(=O)O)C(N)=O)C(=O)N1CCCC1)[C@H](O)[C@H](O)CO. The summed E-state index contributed by atoms with van der Waals surface area (Å²) in [4.78, 5) is 87.1. The minimum Gasteiger partial charge on any atom is -0.480 e. The molecule has 0 radical (unpaired) electrons. The number of carbonyl (C=O) groups is 7. The molecular weight excluding hydrogens is 550 g/mol. The Hall–Kier alpha value is -3.67. The zero-order valence-electron chi connectivity index (χ0n) is 23.1. The molecule has 232 valence electrons. The third-order valence-electron chi connectivity index (χ3n) is 6.45. The highest BCUT2D eigenvalue weighted by Crippen LogP contribution is 2.25. The van der Waals surface area contributed by atoms with Crippen LogP contribution in [-0.2, 0) is 38.3 Å². The molecule has 1 aliphatic heterocycles. The summed E-state index contributed by atoms with van der Waals surface area (Å²) in [7, 11) is 0. The summed E-state index contributed by atoms with van der Waals surface area (Å²) in [5.74, 6) is -6.14. The van der Waals surface area contributed by atoms with Crippen LogP contribution < -0.4 is 21.7 Å². The standard InChI is InChI=1S/C24H39N5O12/c1-12(21(37)38)26-17(34)7-6-14(20(25)36)28-22(39)24(3,23(40)29-8-4-5-9-29)41-19(18(35)16(33)11-31)15(10-30)27-13(2)32/h10,12,14-16,18-19,31,33,35H,4-9,11H2,1-3H3,(H2,25,36)(H,26,34)(H,27,32)(H,28,39)(H,37,38)/t12?,14?,15-,16+,18+,19+,24?/m0/s1. The normalized spacial score (nSPS) is 18.9. The van der Waals surface area contributed by atoms with Crippen molar-refractivity contribution in [2.75, 3.05) is 19.7 Å². The zero-order chi connectivity index (χ0) is 31.5. The van der Waals surface area contributed by atoms with Crippen molar-refractivity contribution >= 4 is 41.8 Å². The molecule has 9 N–H and O–H groups in total. The van der Waals surface area contributed by atoms with Gasteiger partial charge in [0.05, 0.1) is 6.61 Å². The van der Waals surface area contributed by atoms with E-state index >= 15 is 0 Å². The molecule has 3 unspecified atom stereocenters. The number of amides is 5. The third kappa shape index (κ3) is 10.0. The number of ether oxygens (including phenoxy) is 1. The molecule has 1 fully saturated rings. The van der Waals surface area contributed by atoms with Crippen LogP contribution in [-0.4, -0.2) is 129 Å². The van der Waals surface area contributed by atoms with Crippen molar-refractivity contribution in [3.63, 3.8) is 0 Å². The lowest BCUT2D eigenvalue weighted by Crippen LogP contribution is -2.65. The van der Waals surface area contributed by atoms with Gasteiger partial charge in [-0.15, -0.1) is 0 Å². The van der Waals surface area contributed by atoms with E-state index in [1.54, 1.807) is 0 Å². The summed E-state index contributed by atoms with van der Waals surface area (Å²) in [5, 5.41) is 45.5. The van der Waals surface area contributed by atoms with Crippen LogP contribution in [0.5, 0.6) is 0 Å². The number of rotatable bonds is 17. The average molecular weight is 590 g/mol. The number of primary amides is 1. The van der Waals surface area contributed by atoms with Crippen molar-refractivity contribution in [1.82, 2.24) is 20.9 Å². The fourth-order valence-corrected chi connectivity index (χ4v) is 4.04. The van der Waals surface area contributed by atoms with Gasteiger partial charge in [-0.3, -0.25) is 28.8 Å². The molecule has 1 rings (SSSR count). The van der Waals surface area contributed by atoms with Gasteiger partial charge in [0.1, 0.15) is 42.7 Å². The van der Waals surface area contributed by atoms with Crippen molar-refractivity contribution < 1.29 is 58.7 Å². The topological polar surface area (TPSA) is 275 Å². The Bertz CT molecular complexity index is 988. The van der Waals surface area contributed by atoms with E-state index in [1.165, 1.54) is 11.8 Å². The Labute approximate surface area is 235 Å². The zero-order valence-corrected chi connectivity index (χ0v) is 23.1. The molecule has 17 nitrogen and oxygen atoms in total. The molecule has 0 spiro atoms. The number of aliphatic hydroxyl groups excluding tert-OH is 3. The highest BCUT2D eigenvalue weighted by Gasteiger charge is 2.51. The Morgan fingerprint density at radius 2 is 1.66 bits per heavy atom. The van der Waals surface area contributed by atoms with E-state index in [9.17, 15) is 48.9 Å². The average Bonchev–Trinajstić information content (AvgIpc) is 3.45. The van der Waals surface area contributed by atoms with Gasteiger partial charge < -0.3 is 56.5 Å². The van der Waals surface area contributed by atoms with Gasteiger partial charge in [-0.25, -0.2) is 0 Å². The van der Waals surface area contributed by atoms with E-state index < -0.39 is 97.0 Å².